The Kier molecular flexibility index (Phi) is 11.9. The first kappa shape index (κ1) is 33.3. The maximum absolute atomic E-state index is 13.3. The Labute approximate surface area is 251 Å². The molecule has 43 heavy (non-hydrogen) atoms. The van der Waals surface area contributed by atoms with Crippen LogP contribution in [0.4, 0.5) is 15.4 Å². The molecule has 4 amide bonds. The van der Waals surface area contributed by atoms with Crippen LogP contribution >= 0.6 is 0 Å². The highest BCUT2D eigenvalue weighted by Gasteiger charge is 2.28. The second-order valence-electron chi connectivity index (χ2n) is 11.9. The summed E-state index contributed by atoms with van der Waals surface area (Å²) in [7, 11) is 0. The molecule has 3 atom stereocenters. The van der Waals surface area contributed by atoms with Crippen LogP contribution < -0.4 is 21.3 Å². The average Bonchev–Trinajstić information content (AvgIpc) is 3.35. The number of aliphatic carboxylic acids is 1. The van der Waals surface area contributed by atoms with Gasteiger partial charge in [-0.25, -0.2) is 24.4 Å². The van der Waals surface area contributed by atoms with Crippen molar-refractivity contribution >= 4 is 29.8 Å². The Morgan fingerprint density at radius 3 is 2.63 bits per heavy atom. The van der Waals surface area contributed by atoms with Crippen LogP contribution in [0, 0.1) is 5.92 Å². The molecule has 2 aromatic heterocycles. The van der Waals surface area contributed by atoms with Crippen LogP contribution in [-0.4, -0.2) is 80.6 Å². The highest BCUT2D eigenvalue weighted by atomic mass is 16.6. The molecule has 0 saturated heterocycles. The lowest BCUT2D eigenvalue weighted by molar-refractivity contribution is -0.139. The first-order chi connectivity index (χ1) is 20.3. The SMILES string of the molecule is CC(C)[C@H]1COCCCCn2cnc(c2)C[C@@H](NC(=O)NC(Cc2ccc(NC(=O)OC(C)(C)C)nc2)C(=O)O)C(=O)N1. The van der Waals surface area contributed by atoms with Gasteiger partial charge in [-0.2, -0.15) is 0 Å². The molecule has 3 heterocycles. The van der Waals surface area contributed by atoms with E-state index in [0.29, 0.717) is 24.5 Å². The predicted molar refractivity (Wildman–Crippen MR) is 157 cm³/mol. The minimum Gasteiger partial charge on any atom is -0.480 e. The lowest BCUT2D eigenvalue weighted by Gasteiger charge is -2.26. The van der Waals surface area contributed by atoms with E-state index in [2.05, 4.69) is 31.2 Å². The average molecular weight is 602 g/mol. The van der Waals surface area contributed by atoms with Gasteiger partial charge in [-0.15, -0.1) is 0 Å². The molecule has 0 fully saturated rings. The van der Waals surface area contributed by atoms with E-state index in [1.54, 1.807) is 33.2 Å². The van der Waals surface area contributed by atoms with Gasteiger partial charge in [0.2, 0.25) is 5.91 Å². The van der Waals surface area contributed by atoms with Gasteiger partial charge in [0.1, 0.15) is 23.5 Å². The zero-order valence-corrected chi connectivity index (χ0v) is 25.4. The van der Waals surface area contributed by atoms with Crippen molar-refractivity contribution in [2.75, 3.05) is 18.5 Å². The second kappa shape index (κ2) is 15.3. The Hall–Kier alpha value is -4.20. The molecule has 1 aliphatic heterocycles. The number of imidazole rings is 1. The van der Waals surface area contributed by atoms with Gasteiger partial charge in [0.05, 0.1) is 24.7 Å². The van der Waals surface area contributed by atoms with Gasteiger partial charge in [-0.3, -0.25) is 10.1 Å². The molecule has 0 spiro atoms. The quantitative estimate of drug-likeness (QED) is 0.318. The summed E-state index contributed by atoms with van der Waals surface area (Å²) in [5.74, 6) is -1.38. The number of carboxylic acids is 1. The zero-order chi connectivity index (χ0) is 31.6. The molecule has 236 valence electrons. The summed E-state index contributed by atoms with van der Waals surface area (Å²) in [6.07, 6.45) is 6.07. The molecule has 1 unspecified atom stereocenters. The zero-order valence-electron chi connectivity index (χ0n) is 25.4. The summed E-state index contributed by atoms with van der Waals surface area (Å²) in [6, 6.07) is -0.323. The van der Waals surface area contributed by atoms with Crippen LogP contribution in [0.3, 0.4) is 0 Å². The maximum atomic E-state index is 13.3. The number of amides is 4. The second-order valence-corrected chi connectivity index (χ2v) is 11.9. The molecule has 2 bridgehead atoms. The number of carboxylic acid groups (broad SMARTS) is 1. The summed E-state index contributed by atoms with van der Waals surface area (Å²) in [5.41, 5.74) is 0.448. The molecule has 5 N–H and O–H groups in total. The first-order valence-corrected chi connectivity index (χ1v) is 14.4. The fourth-order valence-corrected chi connectivity index (χ4v) is 4.27. The number of pyridine rings is 1. The van der Waals surface area contributed by atoms with E-state index in [-0.39, 0.29) is 30.6 Å². The molecule has 0 radical (unpaired) electrons. The highest BCUT2D eigenvalue weighted by molar-refractivity contribution is 5.89. The van der Waals surface area contributed by atoms with Crippen molar-refractivity contribution in [2.45, 2.75) is 90.6 Å². The van der Waals surface area contributed by atoms with E-state index in [9.17, 15) is 24.3 Å². The van der Waals surface area contributed by atoms with E-state index < -0.39 is 41.7 Å². The van der Waals surface area contributed by atoms with Gasteiger partial charge in [-0.05, 0) is 51.2 Å². The van der Waals surface area contributed by atoms with Crippen LogP contribution in [0.25, 0.3) is 0 Å². The Morgan fingerprint density at radius 1 is 1.21 bits per heavy atom. The van der Waals surface area contributed by atoms with Crippen molar-refractivity contribution in [3.63, 3.8) is 0 Å². The normalized spacial score (nSPS) is 19.0. The molecule has 0 aliphatic carbocycles. The third kappa shape index (κ3) is 11.5. The maximum Gasteiger partial charge on any atom is 0.413 e. The van der Waals surface area contributed by atoms with Gasteiger partial charge >= 0.3 is 18.1 Å². The Morgan fingerprint density at radius 2 is 1.98 bits per heavy atom. The molecule has 0 aromatic carbocycles. The number of anilines is 1. The molecular formula is C29H43N7O7. The number of nitrogens with zero attached hydrogens (tertiary/aromatic N) is 3. The fourth-order valence-electron chi connectivity index (χ4n) is 4.27. The lowest BCUT2D eigenvalue weighted by atomic mass is 10.0. The predicted octanol–water partition coefficient (Wildman–Crippen LogP) is 2.48. The van der Waals surface area contributed by atoms with Crippen LogP contribution in [0.5, 0.6) is 0 Å². The van der Waals surface area contributed by atoms with Crippen LogP contribution in [0.1, 0.15) is 58.7 Å². The number of urea groups is 1. The van der Waals surface area contributed by atoms with Gasteiger partial charge < -0.3 is 35.1 Å². The van der Waals surface area contributed by atoms with E-state index in [1.807, 2.05) is 24.6 Å². The summed E-state index contributed by atoms with van der Waals surface area (Å²) < 4.78 is 12.9. The van der Waals surface area contributed by atoms with Crippen molar-refractivity contribution < 1.29 is 33.8 Å². The first-order valence-electron chi connectivity index (χ1n) is 14.4. The smallest absolute Gasteiger partial charge is 0.413 e. The van der Waals surface area contributed by atoms with Gasteiger partial charge in [0.15, 0.2) is 0 Å². The van der Waals surface area contributed by atoms with E-state index >= 15 is 0 Å². The number of aromatic nitrogens is 3. The van der Waals surface area contributed by atoms with Crippen molar-refractivity contribution in [1.29, 1.82) is 0 Å². The number of fused-ring (bicyclic) bond motifs is 2. The number of ether oxygens (including phenoxy) is 2. The van der Waals surface area contributed by atoms with Crippen molar-refractivity contribution in [2.24, 2.45) is 5.92 Å². The van der Waals surface area contributed by atoms with E-state index in [1.165, 1.54) is 12.3 Å². The van der Waals surface area contributed by atoms with Crippen LogP contribution in [0.2, 0.25) is 0 Å². The Balaban J connectivity index is 1.67. The van der Waals surface area contributed by atoms with Gasteiger partial charge in [-0.1, -0.05) is 19.9 Å². The number of hydrogen-bond acceptors (Lipinski definition) is 8. The lowest BCUT2D eigenvalue weighted by Crippen LogP contribution is -2.56. The van der Waals surface area contributed by atoms with Crippen LogP contribution in [0.15, 0.2) is 30.9 Å². The van der Waals surface area contributed by atoms with Gasteiger partial charge in [0.25, 0.3) is 0 Å². The molecule has 14 heteroatoms. The summed E-state index contributed by atoms with van der Waals surface area (Å²) in [6.45, 7) is 10.8. The molecule has 2 aromatic rings. The Bertz CT molecular complexity index is 1240. The van der Waals surface area contributed by atoms with E-state index in [4.69, 9.17) is 9.47 Å². The van der Waals surface area contributed by atoms with Crippen molar-refractivity contribution in [3.05, 3.63) is 42.1 Å². The largest absolute Gasteiger partial charge is 0.480 e. The number of nitrogens with one attached hydrogen (secondary N) is 4. The molecule has 3 rings (SSSR count). The van der Waals surface area contributed by atoms with Crippen molar-refractivity contribution in [1.82, 2.24) is 30.5 Å². The van der Waals surface area contributed by atoms with E-state index in [0.717, 1.165) is 19.4 Å². The molecule has 0 saturated carbocycles. The highest BCUT2D eigenvalue weighted by Crippen LogP contribution is 2.12. The number of aryl methyl sites for hydroxylation is 1. The number of rotatable bonds is 7. The molecular weight excluding hydrogens is 558 g/mol. The number of hydrogen-bond donors (Lipinski definition) is 5. The monoisotopic (exact) mass is 601 g/mol. The standard InChI is InChI=1S/C29H43N7O7/c1-18(2)23-16-42-11-7-6-10-36-15-20(31-17-36)13-21(25(37)32-23)33-27(40)34-22(26(38)39)12-19-8-9-24(30-14-19)35-28(41)43-29(3,4)5/h8-9,14-15,17-18,21-23H,6-7,10-13,16H2,1-5H3,(H,32,37)(H,38,39)(H,30,35,41)(H2,33,34,40)/t21-,22?,23-/m1/s1. The third-order valence-corrected chi connectivity index (χ3v) is 6.60. The van der Waals surface area contributed by atoms with Gasteiger partial charge in [0, 0.05) is 38.4 Å². The fraction of sp³-hybridized carbons (Fsp3) is 0.586. The summed E-state index contributed by atoms with van der Waals surface area (Å²) in [5, 5.41) is 20.4. The van der Waals surface area contributed by atoms with Crippen LogP contribution in [-0.2, 0) is 38.4 Å². The molecule has 1 aliphatic rings. The minimum absolute atomic E-state index is 0.0845. The topological polar surface area (TPSA) is 186 Å². The summed E-state index contributed by atoms with van der Waals surface area (Å²) >= 11 is 0. The minimum atomic E-state index is -1.32. The number of carbonyl (C=O) groups excluding carboxylic acids is 3. The third-order valence-electron chi connectivity index (χ3n) is 6.60. The number of carbonyl (C=O) groups is 4. The summed E-state index contributed by atoms with van der Waals surface area (Å²) in [4.78, 5) is 58.8. The van der Waals surface area contributed by atoms with Crippen molar-refractivity contribution in [3.8, 4) is 0 Å². The molecule has 14 nitrogen and oxygen atoms in total.